The number of ether oxygens (including phenoxy) is 2. The molecule has 0 unspecified atom stereocenters. The smallest absolute Gasteiger partial charge is 0.344 e. The molecule has 0 radical (unpaired) electrons. The summed E-state index contributed by atoms with van der Waals surface area (Å²) in [5.41, 5.74) is 0.781. The van der Waals surface area contributed by atoms with Gasteiger partial charge in [0.2, 0.25) is 5.91 Å². The van der Waals surface area contributed by atoms with Crippen molar-refractivity contribution in [1.82, 2.24) is 10.6 Å². The maximum Gasteiger partial charge on any atom is 0.344 e. The van der Waals surface area contributed by atoms with Gasteiger partial charge < -0.3 is 20.1 Å². The van der Waals surface area contributed by atoms with Crippen LogP contribution < -0.4 is 15.4 Å². The molecule has 2 N–H and O–H groups in total. The van der Waals surface area contributed by atoms with Gasteiger partial charge in [0, 0.05) is 12.1 Å². The van der Waals surface area contributed by atoms with E-state index in [1.165, 1.54) is 7.05 Å². The molecule has 8 heteroatoms. The fourth-order valence-corrected chi connectivity index (χ4v) is 1.64. The van der Waals surface area contributed by atoms with Gasteiger partial charge in [-0.25, -0.2) is 4.79 Å². The van der Waals surface area contributed by atoms with Crippen LogP contribution in [-0.2, 0) is 19.1 Å². The summed E-state index contributed by atoms with van der Waals surface area (Å²) in [7, 11) is 1.45. The fourth-order valence-electron chi connectivity index (χ4n) is 1.42. The van der Waals surface area contributed by atoms with Gasteiger partial charge in [0.1, 0.15) is 5.75 Å². The number of carbonyl (C=O) groups excluding carboxylic acids is 3. The van der Waals surface area contributed by atoms with Crippen LogP contribution in [0, 0.1) is 6.92 Å². The van der Waals surface area contributed by atoms with Crippen LogP contribution in [0.2, 0.25) is 5.02 Å². The quantitative estimate of drug-likeness (QED) is 0.708. The molecule has 0 aliphatic carbocycles. The lowest BCUT2D eigenvalue weighted by Gasteiger charge is -2.09. The third-order valence-electron chi connectivity index (χ3n) is 2.57. The van der Waals surface area contributed by atoms with Crippen LogP contribution in [0.1, 0.15) is 5.56 Å². The van der Waals surface area contributed by atoms with Crippen molar-refractivity contribution >= 4 is 29.4 Å². The number of likely N-dealkylation sites (N-methyl/N-ethyl adjacent to an activating group) is 1. The summed E-state index contributed by atoms with van der Waals surface area (Å²) in [6, 6.07) is 4.98. The van der Waals surface area contributed by atoms with E-state index < -0.39 is 18.5 Å². The number of hydrogen-bond acceptors (Lipinski definition) is 5. The minimum absolute atomic E-state index is 0.173. The third kappa shape index (κ3) is 6.45. The molecule has 120 valence electrons. The Labute approximate surface area is 132 Å². The molecule has 1 aromatic carbocycles. The monoisotopic (exact) mass is 328 g/mol. The number of aryl methyl sites for hydroxylation is 1. The maximum atomic E-state index is 11.5. The van der Waals surface area contributed by atoms with Crippen LogP contribution in [0.25, 0.3) is 0 Å². The van der Waals surface area contributed by atoms with Crippen LogP contribution in [-0.4, -0.2) is 44.6 Å². The van der Waals surface area contributed by atoms with E-state index in [2.05, 4.69) is 10.6 Å². The molecule has 1 rings (SSSR count). The lowest BCUT2D eigenvalue weighted by molar-refractivity contribution is -0.150. The first-order chi connectivity index (χ1) is 10.4. The van der Waals surface area contributed by atoms with Crippen LogP contribution in [0.15, 0.2) is 18.2 Å². The Bertz CT molecular complexity index is 562. The van der Waals surface area contributed by atoms with Gasteiger partial charge in [-0.15, -0.1) is 0 Å². The van der Waals surface area contributed by atoms with Gasteiger partial charge in [0.25, 0.3) is 5.91 Å². The van der Waals surface area contributed by atoms with E-state index in [0.717, 1.165) is 5.56 Å². The lowest BCUT2D eigenvalue weighted by Crippen LogP contribution is -2.37. The second-order valence-corrected chi connectivity index (χ2v) is 4.75. The van der Waals surface area contributed by atoms with Crippen LogP contribution in [0.5, 0.6) is 5.75 Å². The standard InChI is InChI=1S/C14H17ClN2O5/c1-9-5-10(15)3-4-11(9)21-8-14(20)22-7-13(19)17-6-12(18)16-2/h3-5H,6-8H2,1-2H3,(H,16,18)(H,17,19). The van der Waals surface area contributed by atoms with E-state index in [1.54, 1.807) is 25.1 Å². The Morgan fingerprint density at radius 2 is 1.91 bits per heavy atom. The van der Waals surface area contributed by atoms with Gasteiger partial charge in [0.05, 0.1) is 6.54 Å². The molecular formula is C14H17ClN2O5. The molecule has 0 aliphatic rings. The molecule has 0 aliphatic heterocycles. The van der Waals surface area contributed by atoms with Gasteiger partial charge in [-0.3, -0.25) is 9.59 Å². The van der Waals surface area contributed by atoms with E-state index in [0.29, 0.717) is 10.8 Å². The highest BCUT2D eigenvalue weighted by molar-refractivity contribution is 6.30. The minimum Gasteiger partial charge on any atom is -0.482 e. The van der Waals surface area contributed by atoms with Gasteiger partial charge in [-0.05, 0) is 30.7 Å². The van der Waals surface area contributed by atoms with Crippen molar-refractivity contribution < 1.29 is 23.9 Å². The summed E-state index contributed by atoms with van der Waals surface area (Å²) in [5, 5.41) is 5.21. The highest BCUT2D eigenvalue weighted by Gasteiger charge is 2.10. The Kier molecular flexibility index (Phi) is 7.18. The summed E-state index contributed by atoms with van der Waals surface area (Å²) < 4.78 is 9.99. The fraction of sp³-hybridized carbons (Fsp3) is 0.357. The van der Waals surface area contributed by atoms with Crippen molar-refractivity contribution in [2.75, 3.05) is 26.8 Å². The maximum absolute atomic E-state index is 11.5. The van der Waals surface area contributed by atoms with Crippen LogP contribution in [0.3, 0.4) is 0 Å². The molecule has 0 bridgehead atoms. The van der Waals surface area contributed by atoms with Gasteiger partial charge in [0.15, 0.2) is 13.2 Å². The molecule has 0 saturated carbocycles. The zero-order valence-corrected chi connectivity index (χ0v) is 13.0. The highest BCUT2D eigenvalue weighted by Crippen LogP contribution is 2.21. The van der Waals surface area contributed by atoms with Crippen molar-refractivity contribution in [3.63, 3.8) is 0 Å². The second-order valence-electron chi connectivity index (χ2n) is 4.31. The minimum atomic E-state index is -0.690. The molecule has 22 heavy (non-hydrogen) atoms. The van der Waals surface area contributed by atoms with Crippen molar-refractivity contribution in [2.24, 2.45) is 0 Å². The number of nitrogens with one attached hydrogen (secondary N) is 2. The first kappa shape index (κ1) is 17.8. The molecule has 7 nitrogen and oxygen atoms in total. The summed E-state index contributed by atoms with van der Waals surface area (Å²) >= 11 is 5.81. The summed E-state index contributed by atoms with van der Waals surface area (Å²) in [6.45, 7) is 0.816. The van der Waals surface area contributed by atoms with Crippen LogP contribution in [0.4, 0.5) is 0 Å². The highest BCUT2D eigenvalue weighted by atomic mass is 35.5. The number of carbonyl (C=O) groups is 3. The number of benzene rings is 1. The molecule has 0 saturated heterocycles. The number of hydrogen-bond donors (Lipinski definition) is 2. The molecule has 0 fully saturated rings. The van der Waals surface area contributed by atoms with Crippen molar-refractivity contribution in [1.29, 1.82) is 0 Å². The largest absolute Gasteiger partial charge is 0.482 e. The molecular weight excluding hydrogens is 312 g/mol. The number of rotatable bonds is 7. The normalized spacial score (nSPS) is 9.77. The third-order valence-corrected chi connectivity index (χ3v) is 2.81. The van der Waals surface area contributed by atoms with Crippen molar-refractivity contribution in [3.8, 4) is 5.75 Å². The Balaban J connectivity index is 2.28. The van der Waals surface area contributed by atoms with E-state index in [9.17, 15) is 14.4 Å². The van der Waals surface area contributed by atoms with Gasteiger partial charge >= 0.3 is 5.97 Å². The number of halogens is 1. The molecule has 0 aromatic heterocycles. The average Bonchev–Trinajstić information content (AvgIpc) is 2.49. The molecule has 0 atom stereocenters. The van der Waals surface area contributed by atoms with E-state index >= 15 is 0 Å². The zero-order chi connectivity index (χ0) is 16.5. The molecule has 0 spiro atoms. The zero-order valence-electron chi connectivity index (χ0n) is 12.3. The van der Waals surface area contributed by atoms with E-state index in [-0.39, 0.29) is 19.1 Å². The number of amides is 2. The Hall–Kier alpha value is -2.28. The summed E-state index contributed by atoms with van der Waals surface area (Å²) in [5.74, 6) is -1.10. The topological polar surface area (TPSA) is 93.7 Å². The van der Waals surface area contributed by atoms with E-state index in [1.807, 2.05) is 0 Å². The molecule has 2 amide bonds. The van der Waals surface area contributed by atoms with Crippen molar-refractivity contribution in [3.05, 3.63) is 28.8 Å². The SMILES string of the molecule is CNC(=O)CNC(=O)COC(=O)COc1ccc(Cl)cc1C. The van der Waals surface area contributed by atoms with E-state index in [4.69, 9.17) is 21.1 Å². The first-order valence-electron chi connectivity index (χ1n) is 6.44. The first-order valence-corrected chi connectivity index (χ1v) is 6.82. The predicted octanol–water partition coefficient (Wildman–Crippen LogP) is 0.433. The number of esters is 1. The van der Waals surface area contributed by atoms with Gasteiger partial charge in [-0.1, -0.05) is 11.6 Å². The van der Waals surface area contributed by atoms with Crippen LogP contribution >= 0.6 is 11.6 Å². The Morgan fingerprint density at radius 1 is 1.18 bits per heavy atom. The summed E-state index contributed by atoms with van der Waals surface area (Å²) in [4.78, 5) is 33.7. The van der Waals surface area contributed by atoms with Gasteiger partial charge in [-0.2, -0.15) is 0 Å². The molecule has 0 heterocycles. The molecule has 1 aromatic rings. The predicted molar refractivity (Wildman–Crippen MR) is 79.7 cm³/mol. The second kappa shape index (κ2) is 8.89. The summed E-state index contributed by atoms with van der Waals surface area (Å²) in [6.07, 6.45) is 0. The van der Waals surface area contributed by atoms with Crippen molar-refractivity contribution in [2.45, 2.75) is 6.92 Å². The lowest BCUT2D eigenvalue weighted by atomic mass is 10.2. The Morgan fingerprint density at radius 3 is 2.55 bits per heavy atom. The average molecular weight is 329 g/mol.